The minimum absolute atomic E-state index is 1.08. The standard InChI is InChI=1S/C23H30Ge/c1-4-18-24(19-5-2,20-6-3)23-16-14-22(15-17-23)13-12-21-10-8-7-9-11-21/h7-11,14-17H,4-6,18-20H2,1-3H3. The number of benzene rings is 2. The summed E-state index contributed by atoms with van der Waals surface area (Å²) in [4.78, 5) is 0. The van der Waals surface area contributed by atoms with Crippen molar-refractivity contribution in [2.45, 2.75) is 55.8 Å². The summed E-state index contributed by atoms with van der Waals surface area (Å²) in [6.45, 7) is 7.06. The topological polar surface area (TPSA) is 0 Å². The van der Waals surface area contributed by atoms with Crippen LogP contribution in [0.1, 0.15) is 51.2 Å². The van der Waals surface area contributed by atoms with E-state index in [0.29, 0.717) is 0 Å². The maximum absolute atomic E-state index is 3.31. The molecule has 0 saturated carbocycles. The van der Waals surface area contributed by atoms with Gasteiger partial charge >= 0.3 is 151 Å². The molecule has 0 spiro atoms. The molecule has 0 aliphatic carbocycles. The summed E-state index contributed by atoms with van der Waals surface area (Å²) in [5.41, 5.74) is 2.21. The van der Waals surface area contributed by atoms with Gasteiger partial charge in [0, 0.05) is 0 Å². The Balaban J connectivity index is 2.24. The van der Waals surface area contributed by atoms with E-state index in [9.17, 15) is 0 Å². The van der Waals surface area contributed by atoms with Crippen molar-refractivity contribution in [3.05, 3.63) is 65.7 Å². The summed E-state index contributed by atoms with van der Waals surface area (Å²) in [6, 6.07) is 19.5. The summed E-state index contributed by atoms with van der Waals surface area (Å²) in [5.74, 6) is 6.57. The van der Waals surface area contributed by atoms with E-state index in [1.54, 1.807) is 4.40 Å². The van der Waals surface area contributed by atoms with Crippen LogP contribution in [0.5, 0.6) is 0 Å². The average Bonchev–Trinajstić information content (AvgIpc) is 2.62. The van der Waals surface area contributed by atoms with Crippen molar-refractivity contribution < 1.29 is 0 Å². The molecule has 0 amide bonds. The molecule has 0 aliphatic rings. The van der Waals surface area contributed by atoms with Crippen molar-refractivity contribution in [2.75, 3.05) is 0 Å². The predicted molar refractivity (Wildman–Crippen MR) is 110 cm³/mol. The molecule has 0 nitrogen and oxygen atoms in total. The van der Waals surface area contributed by atoms with Crippen LogP contribution in [-0.4, -0.2) is 13.3 Å². The first-order valence-corrected chi connectivity index (χ1v) is 14.9. The van der Waals surface area contributed by atoms with Crippen molar-refractivity contribution >= 4 is 17.7 Å². The van der Waals surface area contributed by atoms with Crippen molar-refractivity contribution in [2.24, 2.45) is 0 Å². The fourth-order valence-electron chi connectivity index (χ4n) is 3.82. The van der Waals surface area contributed by atoms with Gasteiger partial charge in [0.1, 0.15) is 0 Å². The molecule has 2 aromatic carbocycles. The average molecular weight is 379 g/mol. The SMILES string of the molecule is CC[CH2][Ge]([CH2]CC)([CH2]CC)[c]1ccc(C#Cc2ccccc2)cc1. The van der Waals surface area contributed by atoms with Crippen LogP contribution < -0.4 is 4.40 Å². The summed E-state index contributed by atoms with van der Waals surface area (Å²) >= 11 is -1.92. The van der Waals surface area contributed by atoms with Gasteiger partial charge in [-0.05, 0) is 0 Å². The van der Waals surface area contributed by atoms with Gasteiger partial charge in [0.25, 0.3) is 0 Å². The van der Waals surface area contributed by atoms with Gasteiger partial charge < -0.3 is 0 Å². The zero-order valence-corrected chi connectivity index (χ0v) is 17.5. The first kappa shape index (κ1) is 18.9. The van der Waals surface area contributed by atoms with Crippen LogP contribution in [0.2, 0.25) is 15.8 Å². The van der Waals surface area contributed by atoms with Gasteiger partial charge in [0.05, 0.1) is 0 Å². The first-order chi connectivity index (χ1) is 11.7. The second-order valence-electron chi connectivity index (χ2n) is 6.72. The fourth-order valence-corrected chi connectivity index (χ4v) is 15.1. The van der Waals surface area contributed by atoms with Crippen LogP contribution in [0.4, 0.5) is 0 Å². The summed E-state index contributed by atoms with van der Waals surface area (Å²) < 4.78 is 1.69. The monoisotopic (exact) mass is 380 g/mol. The van der Waals surface area contributed by atoms with Gasteiger partial charge in [0.2, 0.25) is 0 Å². The Morgan fingerprint density at radius 3 is 1.54 bits per heavy atom. The predicted octanol–water partition coefficient (Wildman–Crippen LogP) is 5.97. The molecule has 2 aromatic rings. The maximum atomic E-state index is 3.31. The van der Waals surface area contributed by atoms with E-state index >= 15 is 0 Å². The van der Waals surface area contributed by atoms with Gasteiger partial charge in [-0.2, -0.15) is 0 Å². The molecule has 0 fully saturated rings. The Labute approximate surface area is 151 Å². The Morgan fingerprint density at radius 1 is 0.625 bits per heavy atom. The molecule has 0 heterocycles. The Bertz CT molecular complexity index is 642. The molecule has 24 heavy (non-hydrogen) atoms. The second-order valence-corrected chi connectivity index (χ2v) is 16.5. The second kappa shape index (κ2) is 9.75. The summed E-state index contributed by atoms with van der Waals surface area (Å²) in [5, 5.41) is 4.41. The Morgan fingerprint density at radius 2 is 1.08 bits per heavy atom. The third kappa shape index (κ3) is 5.02. The van der Waals surface area contributed by atoms with E-state index < -0.39 is 13.3 Å². The van der Waals surface area contributed by atoms with Crippen LogP contribution in [0.15, 0.2) is 54.6 Å². The number of hydrogen-bond donors (Lipinski definition) is 0. The molecule has 0 atom stereocenters. The Kier molecular flexibility index (Phi) is 7.66. The zero-order valence-electron chi connectivity index (χ0n) is 15.4. The van der Waals surface area contributed by atoms with Crippen LogP contribution >= 0.6 is 0 Å². The van der Waals surface area contributed by atoms with E-state index in [1.165, 1.54) is 35.0 Å². The van der Waals surface area contributed by atoms with E-state index in [0.717, 1.165) is 11.1 Å². The molecule has 0 bridgehead atoms. The molecule has 126 valence electrons. The molecular weight excluding hydrogens is 349 g/mol. The van der Waals surface area contributed by atoms with Gasteiger partial charge in [-0.3, -0.25) is 0 Å². The number of rotatable bonds is 7. The summed E-state index contributed by atoms with van der Waals surface area (Å²) in [6.07, 6.45) is 3.99. The minimum atomic E-state index is -1.92. The molecule has 0 unspecified atom stereocenters. The van der Waals surface area contributed by atoms with Crippen molar-refractivity contribution in [3.63, 3.8) is 0 Å². The molecular formula is C23H30Ge. The van der Waals surface area contributed by atoms with E-state index in [1.807, 2.05) is 18.2 Å². The van der Waals surface area contributed by atoms with Gasteiger partial charge in [-0.15, -0.1) is 0 Å². The fraction of sp³-hybridized carbons (Fsp3) is 0.391. The van der Waals surface area contributed by atoms with Gasteiger partial charge in [0.15, 0.2) is 0 Å². The summed E-state index contributed by atoms with van der Waals surface area (Å²) in [7, 11) is 0. The van der Waals surface area contributed by atoms with Crippen molar-refractivity contribution in [1.82, 2.24) is 0 Å². The molecule has 0 aromatic heterocycles. The van der Waals surface area contributed by atoms with Gasteiger partial charge in [-0.25, -0.2) is 0 Å². The molecule has 0 aliphatic heterocycles. The van der Waals surface area contributed by atoms with E-state index in [4.69, 9.17) is 0 Å². The Hall–Kier alpha value is -1.46. The molecule has 1 heteroatoms. The third-order valence-electron chi connectivity index (χ3n) is 4.81. The molecule has 2 rings (SSSR count). The van der Waals surface area contributed by atoms with Crippen LogP contribution in [0, 0.1) is 11.8 Å². The van der Waals surface area contributed by atoms with E-state index in [-0.39, 0.29) is 0 Å². The zero-order chi connectivity index (χ0) is 17.3. The molecule has 0 N–H and O–H groups in total. The van der Waals surface area contributed by atoms with Crippen LogP contribution in [0.25, 0.3) is 0 Å². The number of hydrogen-bond acceptors (Lipinski definition) is 0. The first-order valence-electron chi connectivity index (χ1n) is 9.41. The van der Waals surface area contributed by atoms with Crippen molar-refractivity contribution in [3.8, 4) is 11.8 Å². The quantitative estimate of drug-likeness (QED) is 0.411. The van der Waals surface area contributed by atoms with Crippen molar-refractivity contribution in [1.29, 1.82) is 0 Å². The van der Waals surface area contributed by atoms with E-state index in [2.05, 4.69) is 69.0 Å². The molecule has 0 radical (unpaired) electrons. The van der Waals surface area contributed by atoms with Crippen LogP contribution in [0.3, 0.4) is 0 Å². The third-order valence-corrected chi connectivity index (χ3v) is 17.2. The normalized spacial score (nSPS) is 11.0. The van der Waals surface area contributed by atoms with Gasteiger partial charge in [-0.1, -0.05) is 0 Å². The van der Waals surface area contributed by atoms with Crippen LogP contribution in [-0.2, 0) is 0 Å². The molecule has 0 saturated heterocycles.